The van der Waals surface area contributed by atoms with Crippen LogP contribution in [0.4, 0.5) is 0 Å². The standard InChI is InChI=1S/C9H14N2O2/c1-4-7(2)11-6-5-8(12)10(3)9(11)13/h5-7H,4H2,1-3H3. The second kappa shape index (κ2) is 3.60. The van der Waals surface area contributed by atoms with Crippen LogP contribution in [-0.2, 0) is 7.05 Å². The highest BCUT2D eigenvalue weighted by molar-refractivity contribution is 4.87. The smallest absolute Gasteiger partial charge is 0.298 e. The van der Waals surface area contributed by atoms with E-state index in [2.05, 4.69) is 0 Å². The van der Waals surface area contributed by atoms with E-state index in [1.54, 1.807) is 10.8 Å². The quantitative estimate of drug-likeness (QED) is 0.669. The molecule has 0 aromatic carbocycles. The average molecular weight is 182 g/mol. The van der Waals surface area contributed by atoms with Gasteiger partial charge in [-0.1, -0.05) is 6.92 Å². The molecule has 0 spiro atoms. The summed E-state index contributed by atoms with van der Waals surface area (Å²) in [6.07, 6.45) is 2.43. The molecule has 0 aliphatic carbocycles. The van der Waals surface area contributed by atoms with Gasteiger partial charge in [0, 0.05) is 25.4 Å². The molecule has 1 aromatic rings. The molecular weight excluding hydrogens is 168 g/mol. The van der Waals surface area contributed by atoms with Crippen molar-refractivity contribution in [2.75, 3.05) is 0 Å². The lowest BCUT2D eigenvalue weighted by Crippen LogP contribution is -2.37. The van der Waals surface area contributed by atoms with Crippen LogP contribution in [0.25, 0.3) is 0 Å². The molecule has 13 heavy (non-hydrogen) atoms. The lowest BCUT2D eigenvalue weighted by atomic mass is 10.2. The summed E-state index contributed by atoms with van der Waals surface area (Å²) in [6, 6.07) is 1.55. The zero-order valence-corrected chi connectivity index (χ0v) is 8.15. The molecule has 1 aromatic heterocycles. The molecule has 0 saturated heterocycles. The normalized spacial score (nSPS) is 12.8. The Morgan fingerprint density at radius 2 is 2.08 bits per heavy atom. The Balaban J connectivity index is 3.35. The minimum Gasteiger partial charge on any atom is -0.298 e. The van der Waals surface area contributed by atoms with E-state index in [9.17, 15) is 9.59 Å². The van der Waals surface area contributed by atoms with Gasteiger partial charge >= 0.3 is 5.69 Å². The molecule has 4 heteroatoms. The zero-order chi connectivity index (χ0) is 10.0. The Morgan fingerprint density at radius 1 is 1.46 bits per heavy atom. The van der Waals surface area contributed by atoms with Crippen molar-refractivity contribution in [2.24, 2.45) is 7.05 Å². The van der Waals surface area contributed by atoms with Crippen molar-refractivity contribution >= 4 is 0 Å². The lowest BCUT2D eigenvalue weighted by Gasteiger charge is -2.12. The largest absolute Gasteiger partial charge is 0.330 e. The fourth-order valence-corrected chi connectivity index (χ4v) is 1.12. The Morgan fingerprint density at radius 3 is 2.62 bits per heavy atom. The maximum Gasteiger partial charge on any atom is 0.330 e. The van der Waals surface area contributed by atoms with Crippen LogP contribution in [0, 0.1) is 0 Å². The Hall–Kier alpha value is -1.32. The SMILES string of the molecule is CCC(C)n1ccc(=O)n(C)c1=O. The highest BCUT2D eigenvalue weighted by atomic mass is 16.2. The third kappa shape index (κ3) is 1.71. The first-order valence-corrected chi connectivity index (χ1v) is 4.36. The van der Waals surface area contributed by atoms with Gasteiger partial charge < -0.3 is 0 Å². The molecule has 0 aliphatic heterocycles. The van der Waals surface area contributed by atoms with Gasteiger partial charge in [0.2, 0.25) is 0 Å². The third-order valence-electron chi connectivity index (χ3n) is 2.28. The second-order valence-electron chi connectivity index (χ2n) is 3.16. The summed E-state index contributed by atoms with van der Waals surface area (Å²) in [6.45, 7) is 3.95. The fourth-order valence-electron chi connectivity index (χ4n) is 1.12. The molecule has 4 nitrogen and oxygen atoms in total. The van der Waals surface area contributed by atoms with Crippen molar-refractivity contribution in [3.8, 4) is 0 Å². The molecule has 0 bridgehead atoms. The van der Waals surface area contributed by atoms with Crippen LogP contribution in [0.3, 0.4) is 0 Å². The first kappa shape index (κ1) is 9.77. The molecule has 0 aliphatic rings. The van der Waals surface area contributed by atoms with Crippen molar-refractivity contribution in [1.29, 1.82) is 0 Å². The van der Waals surface area contributed by atoms with E-state index in [1.165, 1.54) is 13.1 Å². The van der Waals surface area contributed by atoms with Crippen molar-refractivity contribution in [2.45, 2.75) is 26.3 Å². The van der Waals surface area contributed by atoms with Gasteiger partial charge in [0.25, 0.3) is 5.56 Å². The first-order valence-electron chi connectivity index (χ1n) is 4.36. The van der Waals surface area contributed by atoms with E-state index in [4.69, 9.17) is 0 Å². The predicted molar refractivity (Wildman–Crippen MR) is 50.9 cm³/mol. The van der Waals surface area contributed by atoms with Crippen LogP contribution in [0.2, 0.25) is 0 Å². The second-order valence-corrected chi connectivity index (χ2v) is 3.16. The van der Waals surface area contributed by atoms with Crippen molar-refractivity contribution in [1.82, 2.24) is 9.13 Å². The summed E-state index contributed by atoms with van der Waals surface area (Å²) in [7, 11) is 1.49. The van der Waals surface area contributed by atoms with Gasteiger partial charge in [-0.05, 0) is 13.3 Å². The Bertz CT molecular complexity index is 403. The van der Waals surface area contributed by atoms with Crippen LogP contribution in [0.5, 0.6) is 0 Å². The van der Waals surface area contributed by atoms with Crippen molar-refractivity contribution < 1.29 is 0 Å². The molecule has 1 unspecified atom stereocenters. The van der Waals surface area contributed by atoms with Crippen LogP contribution in [-0.4, -0.2) is 9.13 Å². The molecule has 0 radical (unpaired) electrons. The number of nitrogens with zero attached hydrogens (tertiary/aromatic N) is 2. The number of rotatable bonds is 2. The summed E-state index contributed by atoms with van der Waals surface area (Å²) in [4.78, 5) is 22.6. The van der Waals surface area contributed by atoms with E-state index in [1.807, 2.05) is 13.8 Å². The van der Waals surface area contributed by atoms with Crippen LogP contribution in [0.1, 0.15) is 26.3 Å². The molecule has 1 heterocycles. The van der Waals surface area contributed by atoms with E-state index >= 15 is 0 Å². The monoisotopic (exact) mass is 182 g/mol. The maximum absolute atomic E-state index is 11.5. The molecule has 1 atom stereocenters. The van der Waals surface area contributed by atoms with Crippen molar-refractivity contribution in [3.05, 3.63) is 33.1 Å². The van der Waals surface area contributed by atoms with Gasteiger partial charge in [-0.3, -0.25) is 13.9 Å². The van der Waals surface area contributed by atoms with Gasteiger partial charge in [-0.25, -0.2) is 4.79 Å². The van der Waals surface area contributed by atoms with Crippen LogP contribution >= 0.6 is 0 Å². The van der Waals surface area contributed by atoms with Gasteiger partial charge in [0.05, 0.1) is 0 Å². The third-order valence-corrected chi connectivity index (χ3v) is 2.28. The van der Waals surface area contributed by atoms with Gasteiger partial charge in [0.1, 0.15) is 0 Å². The summed E-state index contributed by atoms with van der Waals surface area (Å²) < 4.78 is 2.69. The number of hydrogen-bond donors (Lipinski definition) is 0. The minimum absolute atomic E-state index is 0.138. The fraction of sp³-hybridized carbons (Fsp3) is 0.556. The Labute approximate surface area is 76.4 Å². The molecular formula is C9H14N2O2. The van der Waals surface area contributed by atoms with Crippen molar-refractivity contribution in [3.63, 3.8) is 0 Å². The molecule has 0 N–H and O–H groups in total. The summed E-state index contributed by atoms with van der Waals surface area (Å²) in [5, 5.41) is 0. The highest BCUT2D eigenvalue weighted by Crippen LogP contribution is 2.04. The Kier molecular flexibility index (Phi) is 2.70. The predicted octanol–water partition coefficient (Wildman–Crippen LogP) is 0.518. The van der Waals surface area contributed by atoms with E-state index in [0.717, 1.165) is 11.0 Å². The van der Waals surface area contributed by atoms with Crippen LogP contribution < -0.4 is 11.2 Å². The molecule has 0 fully saturated rings. The molecule has 72 valence electrons. The van der Waals surface area contributed by atoms with E-state index in [0.29, 0.717) is 0 Å². The average Bonchev–Trinajstić information content (AvgIpc) is 2.13. The first-order chi connectivity index (χ1) is 6.07. The maximum atomic E-state index is 11.5. The van der Waals surface area contributed by atoms with Gasteiger partial charge in [-0.15, -0.1) is 0 Å². The summed E-state index contributed by atoms with van der Waals surface area (Å²) in [5.74, 6) is 0. The van der Waals surface area contributed by atoms with Gasteiger partial charge in [-0.2, -0.15) is 0 Å². The molecule has 0 amide bonds. The summed E-state index contributed by atoms with van der Waals surface area (Å²) in [5.41, 5.74) is -0.508. The minimum atomic E-state index is -0.260. The topological polar surface area (TPSA) is 44.0 Å². The van der Waals surface area contributed by atoms with Gasteiger partial charge in [0.15, 0.2) is 0 Å². The molecule has 1 rings (SSSR count). The lowest BCUT2D eigenvalue weighted by molar-refractivity contribution is 0.484. The number of hydrogen-bond acceptors (Lipinski definition) is 2. The number of aromatic nitrogens is 2. The van der Waals surface area contributed by atoms with E-state index in [-0.39, 0.29) is 17.3 Å². The highest BCUT2D eigenvalue weighted by Gasteiger charge is 2.05. The van der Waals surface area contributed by atoms with E-state index < -0.39 is 0 Å². The van der Waals surface area contributed by atoms with Crippen LogP contribution in [0.15, 0.2) is 21.9 Å². The summed E-state index contributed by atoms with van der Waals surface area (Å²) >= 11 is 0. The zero-order valence-electron chi connectivity index (χ0n) is 8.15. The molecule has 0 saturated carbocycles.